The molecule has 2 rings (SSSR count). The Kier molecular flexibility index (Phi) is 4.40. The van der Waals surface area contributed by atoms with Gasteiger partial charge in [0, 0.05) is 38.0 Å². The molecule has 0 aliphatic carbocycles. The third kappa shape index (κ3) is 3.12. The Morgan fingerprint density at radius 1 is 1.50 bits per heavy atom. The van der Waals surface area contributed by atoms with Crippen LogP contribution in [0.25, 0.3) is 0 Å². The number of hydrogen-bond acceptors (Lipinski definition) is 3. The van der Waals surface area contributed by atoms with E-state index < -0.39 is 0 Å². The molecule has 0 saturated carbocycles. The number of nitrogens with zero attached hydrogens (tertiary/aromatic N) is 2. The van der Waals surface area contributed by atoms with Gasteiger partial charge in [0.1, 0.15) is 0 Å². The minimum atomic E-state index is 0.379. The summed E-state index contributed by atoms with van der Waals surface area (Å²) < 4.78 is 7.61. The Morgan fingerprint density at radius 3 is 2.89 bits per heavy atom. The second-order valence-electron chi connectivity index (χ2n) is 5.59. The lowest BCUT2D eigenvalue weighted by Crippen LogP contribution is -2.36. The van der Waals surface area contributed by atoms with Gasteiger partial charge in [-0.1, -0.05) is 13.8 Å². The van der Waals surface area contributed by atoms with E-state index >= 15 is 0 Å². The Bertz CT molecular complexity index is 380. The van der Waals surface area contributed by atoms with E-state index in [4.69, 9.17) is 4.74 Å². The molecule has 4 nitrogen and oxygen atoms in total. The molecule has 1 aromatic heterocycles. The lowest BCUT2D eigenvalue weighted by atomic mass is 10.1. The fourth-order valence-electron chi connectivity index (χ4n) is 2.58. The minimum absolute atomic E-state index is 0.379. The number of ether oxygens (including phenoxy) is 1. The minimum Gasteiger partial charge on any atom is -0.377 e. The van der Waals surface area contributed by atoms with Crippen LogP contribution < -0.4 is 5.32 Å². The zero-order chi connectivity index (χ0) is 13.1. The van der Waals surface area contributed by atoms with E-state index in [0.29, 0.717) is 18.1 Å². The van der Waals surface area contributed by atoms with Crippen LogP contribution in [0.3, 0.4) is 0 Å². The first-order valence-corrected chi connectivity index (χ1v) is 6.95. The molecule has 1 aliphatic heterocycles. The molecule has 102 valence electrons. The second kappa shape index (κ2) is 5.85. The quantitative estimate of drug-likeness (QED) is 0.872. The first kappa shape index (κ1) is 13.6. The van der Waals surface area contributed by atoms with E-state index in [2.05, 4.69) is 37.4 Å². The van der Waals surface area contributed by atoms with Crippen molar-refractivity contribution in [3.8, 4) is 0 Å². The van der Waals surface area contributed by atoms with Gasteiger partial charge in [-0.25, -0.2) is 0 Å². The molecular weight excluding hydrogens is 226 g/mol. The van der Waals surface area contributed by atoms with Crippen molar-refractivity contribution in [2.75, 3.05) is 6.61 Å². The Labute approximate surface area is 110 Å². The molecule has 18 heavy (non-hydrogen) atoms. The SMILES string of the molecule is CC(C)c1nn(C)cc1CNC(C)C1CCCO1. The van der Waals surface area contributed by atoms with E-state index in [1.54, 1.807) is 0 Å². The summed E-state index contributed by atoms with van der Waals surface area (Å²) in [6.07, 6.45) is 4.87. The molecule has 2 unspecified atom stereocenters. The molecule has 0 bridgehead atoms. The average molecular weight is 251 g/mol. The van der Waals surface area contributed by atoms with E-state index in [1.807, 2.05) is 11.7 Å². The average Bonchev–Trinajstić information content (AvgIpc) is 2.94. The van der Waals surface area contributed by atoms with E-state index in [9.17, 15) is 0 Å². The van der Waals surface area contributed by atoms with Crippen LogP contribution in [-0.2, 0) is 18.3 Å². The van der Waals surface area contributed by atoms with Crippen LogP contribution in [-0.4, -0.2) is 28.5 Å². The molecule has 2 heterocycles. The van der Waals surface area contributed by atoms with Crippen molar-refractivity contribution < 1.29 is 4.74 Å². The maximum Gasteiger partial charge on any atom is 0.0726 e. The van der Waals surface area contributed by atoms with Gasteiger partial charge >= 0.3 is 0 Å². The number of aryl methyl sites for hydroxylation is 1. The topological polar surface area (TPSA) is 39.1 Å². The molecule has 0 spiro atoms. The molecule has 0 aromatic carbocycles. The van der Waals surface area contributed by atoms with Gasteiger partial charge in [0.05, 0.1) is 11.8 Å². The van der Waals surface area contributed by atoms with Crippen LogP contribution in [0.1, 0.15) is 50.8 Å². The Morgan fingerprint density at radius 2 is 2.28 bits per heavy atom. The highest BCUT2D eigenvalue weighted by Crippen LogP contribution is 2.19. The van der Waals surface area contributed by atoms with E-state index in [0.717, 1.165) is 13.2 Å². The van der Waals surface area contributed by atoms with Crippen molar-refractivity contribution in [2.24, 2.45) is 7.05 Å². The van der Waals surface area contributed by atoms with E-state index in [-0.39, 0.29) is 0 Å². The van der Waals surface area contributed by atoms with Gasteiger partial charge in [-0.05, 0) is 25.7 Å². The van der Waals surface area contributed by atoms with Gasteiger partial charge < -0.3 is 10.1 Å². The highest BCUT2D eigenvalue weighted by Gasteiger charge is 2.22. The van der Waals surface area contributed by atoms with Crippen molar-refractivity contribution in [1.29, 1.82) is 0 Å². The fourth-order valence-corrected chi connectivity index (χ4v) is 2.58. The highest BCUT2D eigenvalue weighted by atomic mass is 16.5. The van der Waals surface area contributed by atoms with Gasteiger partial charge in [-0.15, -0.1) is 0 Å². The number of nitrogens with one attached hydrogen (secondary N) is 1. The summed E-state index contributed by atoms with van der Waals surface area (Å²) in [5.41, 5.74) is 2.50. The summed E-state index contributed by atoms with van der Waals surface area (Å²) in [6.45, 7) is 8.38. The Balaban J connectivity index is 1.92. The maximum absolute atomic E-state index is 5.70. The first-order valence-electron chi connectivity index (χ1n) is 6.95. The highest BCUT2D eigenvalue weighted by molar-refractivity contribution is 5.20. The molecule has 0 amide bonds. The summed E-state index contributed by atoms with van der Waals surface area (Å²) in [5, 5.41) is 8.10. The zero-order valence-corrected chi connectivity index (χ0v) is 11.9. The summed E-state index contributed by atoms with van der Waals surface area (Å²) >= 11 is 0. The van der Waals surface area contributed by atoms with Crippen LogP contribution >= 0.6 is 0 Å². The summed E-state index contributed by atoms with van der Waals surface area (Å²) in [6, 6.07) is 0.410. The standard InChI is InChI=1S/C14H25N3O/c1-10(2)14-12(9-17(4)16-14)8-15-11(3)13-6-5-7-18-13/h9-11,13,15H,5-8H2,1-4H3. The van der Waals surface area contributed by atoms with Gasteiger partial charge in [0.15, 0.2) is 0 Å². The Hall–Kier alpha value is -0.870. The van der Waals surface area contributed by atoms with Crippen molar-refractivity contribution >= 4 is 0 Å². The van der Waals surface area contributed by atoms with Crippen LogP contribution in [0.15, 0.2) is 6.20 Å². The zero-order valence-electron chi connectivity index (χ0n) is 11.9. The van der Waals surface area contributed by atoms with Crippen LogP contribution in [0.5, 0.6) is 0 Å². The molecule has 0 radical (unpaired) electrons. The van der Waals surface area contributed by atoms with Crippen LogP contribution in [0.2, 0.25) is 0 Å². The number of aromatic nitrogens is 2. The third-order valence-corrected chi connectivity index (χ3v) is 3.62. The van der Waals surface area contributed by atoms with E-state index in [1.165, 1.54) is 24.1 Å². The molecule has 4 heteroatoms. The van der Waals surface area contributed by atoms with Gasteiger partial charge in [0.2, 0.25) is 0 Å². The smallest absolute Gasteiger partial charge is 0.0726 e. The van der Waals surface area contributed by atoms with Crippen molar-refractivity contribution in [2.45, 2.75) is 58.2 Å². The van der Waals surface area contributed by atoms with Crippen molar-refractivity contribution in [1.82, 2.24) is 15.1 Å². The van der Waals surface area contributed by atoms with Crippen molar-refractivity contribution in [3.63, 3.8) is 0 Å². The normalized spacial score (nSPS) is 21.7. The molecule has 1 fully saturated rings. The summed E-state index contributed by atoms with van der Waals surface area (Å²) in [7, 11) is 1.99. The predicted octanol–water partition coefficient (Wildman–Crippen LogP) is 2.20. The first-order chi connectivity index (χ1) is 8.58. The van der Waals surface area contributed by atoms with Crippen LogP contribution in [0.4, 0.5) is 0 Å². The van der Waals surface area contributed by atoms with Crippen molar-refractivity contribution in [3.05, 3.63) is 17.5 Å². The molecular formula is C14H25N3O. The lowest BCUT2D eigenvalue weighted by Gasteiger charge is -2.20. The largest absolute Gasteiger partial charge is 0.377 e. The number of hydrogen-bond donors (Lipinski definition) is 1. The number of rotatable bonds is 5. The van der Waals surface area contributed by atoms with Gasteiger partial charge in [-0.3, -0.25) is 4.68 Å². The molecule has 1 saturated heterocycles. The molecule has 1 aromatic rings. The molecule has 1 N–H and O–H groups in total. The maximum atomic E-state index is 5.70. The second-order valence-corrected chi connectivity index (χ2v) is 5.59. The summed E-state index contributed by atoms with van der Waals surface area (Å²) in [5.74, 6) is 0.473. The molecule has 2 atom stereocenters. The summed E-state index contributed by atoms with van der Waals surface area (Å²) in [4.78, 5) is 0. The lowest BCUT2D eigenvalue weighted by molar-refractivity contribution is 0.0831. The van der Waals surface area contributed by atoms with Gasteiger partial charge in [0.25, 0.3) is 0 Å². The van der Waals surface area contributed by atoms with Crippen LogP contribution in [0, 0.1) is 0 Å². The third-order valence-electron chi connectivity index (χ3n) is 3.62. The monoisotopic (exact) mass is 251 g/mol. The van der Waals surface area contributed by atoms with Gasteiger partial charge in [-0.2, -0.15) is 5.10 Å². The fraction of sp³-hybridized carbons (Fsp3) is 0.786. The molecule has 1 aliphatic rings. The predicted molar refractivity (Wildman–Crippen MR) is 72.6 cm³/mol.